The molecule has 0 saturated carbocycles. The number of rotatable bonds is 5. The van der Waals surface area contributed by atoms with Gasteiger partial charge in [0.25, 0.3) is 0 Å². The Hall–Kier alpha value is -2.43. The molecule has 0 aliphatic carbocycles. The first kappa shape index (κ1) is 12.6. The van der Waals surface area contributed by atoms with Gasteiger partial charge in [0.2, 0.25) is 0 Å². The molecule has 2 heterocycles. The Labute approximate surface area is 117 Å². The van der Waals surface area contributed by atoms with E-state index >= 15 is 0 Å². The molecule has 1 aromatic carbocycles. The van der Waals surface area contributed by atoms with Crippen LogP contribution in [0.15, 0.2) is 42.5 Å². The van der Waals surface area contributed by atoms with E-state index in [0.717, 1.165) is 36.7 Å². The van der Waals surface area contributed by atoms with E-state index in [-0.39, 0.29) is 0 Å². The van der Waals surface area contributed by atoms with Crippen molar-refractivity contribution in [3.05, 3.63) is 53.9 Å². The summed E-state index contributed by atoms with van der Waals surface area (Å²) in [6, 6.07) is 14.3. The lowest BCUT2D eigenvalue weighted by molar-refractivity contribution is 0.821. The monoisotopic (exact) mass is 267 g/mol. The van der Waals surface area contributed by atoms with Crippen molar-refractivity contribution in [1.82, 2.24) is 19.8 Å². The van der Waals surface area contributed by atoms with Crippen molar-refractivity contribution in [1.29, 1.82) is 0 Å². The molecule has 5 nitrogen and oxygen atoms in total. The number of fused-ring (bicyclic) bond motifs is 1. The van der Waals surface area contributed by atoms with Crippen molar-refractivity contribution in [2.75, 3.05) is 11.9 Å². The fourth-order valence-electron chi connectivity index (χ4n) is 2.13. The average molecular weight is 267 g/mol. The van der Waals surface area contributed by atoms with Gasteiger partial charge in [-0.15, -0.1) is 15.3 Å². The molecule has 0 saturated heterocycles. The minimum absolute atomic E-state index is 0.787. The van der Waals surface area contributed by atoms with E-state index in [2.05, 4.69) is 44.9 Å². The Morgan fingerprint density at radius 1 is 1.05 bits per heavy atom. The Kier molecular flexibility index (Phi) is 3.58. The van der Waals surface area contributed by atoms with Gasteiger partial charge in [0.05, 0.1) is 0 Å². The predicted octanol–water partition coefficient (Wildman–Crippen LogP) is 2.34. The Bertz CT molecular complexity index is 690. The minimum atomic E-state index is 0.787. The minimum Gasteiger partial charge on any atom is -0.368 e. The summed E-state index contributed by atoms with van der Waals surface area (Å²) in [7, 11) is 0. The maximum absolute atomic E-state index is 4.52. The smallest absolute Gasteiger partial charge is 0.178 e. The van der Waals surface area contributed by atoms with Gasteiger partial charge in [-0.3, -0.25) is 0 Å². The summed E-state index contributed by atoms with van der Waals surface area (Å²) in [6.45, 7) is 2.90. The van der Waals surface area contributed by atoms with Crippen LogP contribution in [0.25, 0.3) is 5.65 Å². The number of hydrogen-bond donors (Lipinski definition) is 1. The molecule has 2 aromatic heterocycles. The number of nitrogens with one attached hydrogen (secondary N) is 1. The number of aryl methyl sites for hydroxylation is 1. The standard InChI is InChI=1S/C15H17N5/c1-2-14-17-18-15-9-8-13(19-20(14)15)16-11-10-12-6-4-3-5-7-12/h3-9H,2,10-11H2,1H3,(H,16,19). The molecule has 0 aliphatic heterocycles. The quantitative estimate of drug-likeness (QED) is 0.771. The van der Waals surface area contributed by atoms with Gasteiger partial charge in [0.15, 0.2) is 11.5 Å². The lowest BCUT2D eigenvalue weighted by Crippen LogP contribution is -2.08. The molecule has 0 aliphatic rings. The molecule has 0 bridgehead atoms. The van der Waals surface area contributed by atoms with Crippen LogP contribution in [0.1, 0.15) is 18.3 Å². The van der Waals surface area contributed by atoms with Crippen LogP contribution in [0.2, 0.25) is 0 Å². The average Bonchev–Trinajstić information content (AvgIpc) is 2.91. The van der Waals surface area contributed by atoms with E-state index in [1.54, 1.807) is 4.52 Å². The third-order valence-corrected chi connectivity index (χ3v) is 3.21. The summed E-state index contributed by atoms with van der Waals surface area (Å²) in [6.07, 6.45) is 1.80. The molecular weight excluding hydrogens is 250 g/mol. The first-order valence-electron chi connectivity index (χ1n) is 6.86. The molecule has 0 radical (unpaired) electrons. The summed E-state index contributed by atoms with van der Waals surface area (Å²) in [5, 5.41) is 16.0. The number of aromatic nitrogens is 4. The van der Waals surface area contributed by atoms with Crippen molar-refractivity contribution in [2.24, 2.45) is 0 Å². The molecule has 0 unspecified atom stereocenters. The molecule has 102 valence electrons. The lowest BCUT2D eigenvalue weighted by atomic mass is 10.1. The maximum Gasteiger partial charge on any atom is 0.178 e. The summed E-state index contributed by atoms with van der Waals surface area (Å²) in [5.74, 6) is 1.73. The van der Waals surface area contributed by atoms with Gasteiger partial charge in [0.1, 0.15) is 5.82 Å². The molecular formula is C15H17N5. The highest BCUT2D eigenvalue weighted by Crippen LogP contribution is 2.08. The highest BCUT2D eigenvalue weighted by Gasteiger charge is 2.05. The Morgan fingerprint density at radius 3 is 2.70 bits per heavy atom. The van der Waals surface area contributed by atoms with E-state index in [9.17, 15) is 0 Å². The van der Waals surface area contributed by atoms with Gasteiger partial charge in [-0.05, 0) is 24.1 Å². The van der Waals surface area contributed by atoms with Crippen LogP contribution in [-0.4, -0.2) is 26.4 Å². The highest BCUT2D eigenvalue weighted by molar-refractivity contribution is 5.44. The van der Waals surface area contributed by atoms with Crippen molar-refractivity contribution in [2.45, 2.75) is 19.8 Å². The van der Waals surface area contributed by atoms with Gasteiger partial charge >= 0.3 is 0 Å². The van der Waals surface area contributed by atoms with E-state index < -0.39 is 0 Å². The molecule has 3 aromatic rings. The second-order valence-electron chi connectivity index (χ2n) is 4.62. The first-order valence-corrected chi connectivity index (χ1v) is 6.86. The molecule has 5 heteroatoms. The fraction of sp³-hybridized carbons (Fsp3) is 0.267. The van der Waals surface area contributed by atoms with Crippen LogP contribution in [0.5, 0.6) is 0 Å². The zero-order chi connectivity index (χ0) is 13.8. The van der Waals surface area contributed by atoms with Crippen molar-refractivity contribution in [3.8, 4) is 0 Å². The third-order valence-electron chi connectivity index (χ3n) is 3.21. The van der Waals surface area contributed by atoms with Crippen LogP contribution in [0, 0.1) is 0 Å². The summed E-state index contributed by atoms with van der Waals surface area (Å²) < 4.78 is 1.80. The molecule has 3 rings (SSSR count). The van der Waals surface area contributed by atoms with Gasteiger partial charge in [-0.2, -0.15) is 4.52 Å². The number of benzene rings is 1. The second-order valence-corrected chi connectivity index (χ2v) is 4.62. The molecule has 0 amide bonds. The van der Waals surface area contributed by atoms with E-state index in [0.29, 0.717) is 0 Å². The van der Waals surface area contributed by atoms with E-state index in [1.165, 1.54) is 5.56 Å². The molecule has 20 heavy (non-hydrogen) atoms. The largest absolute Gasteiger partial charge is 0.368 e. The van der Waals surface area contributed by atoms with Crippen LogP contribution < -0.4 is 5.32 Å². The lowest BCUT2D eigenvalue weighted by Gasteiger charge is -2.06. The van der Waals surface area contributed by atoms with Gasteiger partial charge < -0.3 is 5.32 Å². The van der Waals surface area contributed by atoms with Crippen LogP contribution >= 0.6 is 0 Å². The molecule has 1 N–H and O–H groups in total. The van der Waals surface area contributed by atoms with E-state index in [1.807, 2.05) is 25.1 Å². The first-order chi connectivity index (χ1) is 9.86. The van der Waals surface area contributed by atoms with E-state index in [4.69, 9.17) is 0 Å². The predicted molar refractivity (Wildman–Crippen MR) is 78.8 cm³/mol. The van der Waals surface area contributed by atoms with Gasteiger partial charge in [-0.1, -0.05) is 37.3 Å². The number of nitrogens with zero attached hydrogens (tertiary/aromatic N) is 4. The highest BCUT2D eigenvalue weighted by atomic mass is 15.4. The third kappa shape index (κ3) is 2.61. The normalized spacial score (nSPS) is 10.8. The second kappa shape index (κ2) is 5.69. The molecule has 0 fully saturated rings. The number of hydrogen-bond acceptors (Lipinski definition) is 4. The maximum atomic E-state index is 4.52. The van der Waals surface area contributed by atoms with Crippen molar-refractivity contribution in [3.63, 3.8) is 0 Å². The topological polar surface area (TPSA) is 55.1 Å². The number of anilines is 1. The van der Waals surface area contributed by atoms with Crippen molar-refractivity contribution < 1.29 is 0 Å². The zero-order valence-corrected chi connectivity index (χ0v) is 11.5. The van der Waals surface area contributed by atoms with Gasteiger partial charge in [-0.25, -0.2) is 0 Å². The molecule has 0 spiro atoms. The fourth-order valence-corrected chi connectivity index (χ4v) is 2.13. The SMILES string of the molecule is CCc1nnc2ccc(NCCc3ccccc3)nn12. The van der Waals surface area contributed by atoms with Crippen LogP contribution in [-0.2, 0) is 12.8 Å². The van der Waals surface area contributed by atoms with Crippen molar-refractivity contribution >= 4 is 11.5 Å². The summed E-state index contributed by atoms with van der Waals surface area (Å²) in [5.41, 5.74) is 2.11. The Morgan fingerprint density at radius 2 is 1.90 bits per heavy atom. The zero-order valence-electron chi connectivity index (χ0n) is 11.5. The van der Waals surface area contributed by atoms with Gasteiger partial charge in [0, 0.05) is 13.0 Å². The summed E-state index contributed by atoms with van der Waals surface area (Å²) >= 11 is 0. The Balaban J connectivity index is 1.68. The summed E-state index contributed by atoms with van der Waals surface area (Å²) in [4.78, 5) is 0. The van der Waals surface area contributed by atoms with Crippen LogP contribution in [0.3, 0.4) is 0 Å². The van der Waals surface area contributed by atoms with Crippen LogP contribution in [0.4, 0.5) is 5.82 Å². The molecule has 0 atom stereocenters.